The Morgan fingerprint density at radius 3 is 3.09 bits per heavy atom. The highest BCUT2D eigenvalue weighted by Gasteiger charge is 1.95. The monoisotopic (exact) mass is 165 g/mol. The van der Waals surface area contributed by atoms with Gasteiger partial charge in [-0.05, 0) is 18.2 Å². The summed E-state index contributed by atoms with van der Waals surface area (Å²) in [5.41, 5.74) is 0.622. The minimum atomic E-state index is 0.394. The second-order valence-corrected chi connectivity index (χ2v) is 2.47. The summed E-state index contributed by atoms with van der Waals surface area (Å²) in [6, 6.07) is 5.46. The average Bonchev–Trinajstić information content (AvgIpc) is 2.04. The fourth-order valence-electron chi connectivity index (χ4n) is 0.858. The van der Waals surface area contributed by atoms with Gasteiger partial charge in [-0.25, -0.2) is 4.98 Å². The molecule has 0 saturated heterocycles. The fourth-order valence-corrected chi connectivity index (χ4v) is 1.01. The molecule has 0 amide bonds. The summed E-state index contributed by atoms with van der Waals surface area (Å²) < 4.78 is 0. The van der Waals surface area contributed by atoms with E-state index in [0.29, 0.717) is 10.8 Å². The van der Waals surface area contributed by atoms with Crippen LogP contribution in [0.4, 0.5) is 0 Å². The van der Waals surface area contributed by atoms with E-state index in [0.717, 1.165) is 5.39 Å². The molecule has 3 nitrogen and oxygen atoms in total. The Morgan fingerprint density at radius 2 is 2.18 bits per heavy atom. The Bertz CT molecular complexity index is 388. The van der Waals surface area contributed by atoms with Crippen LogP contribution in [0.25, 0.3) is 11.0 Å². The number of hydrogen-bond donors (Lipinski definition) is 0. The molecule has 54 valence electrons. The first-order chi connectivity index (χ1) is 5.36. The third-order valence-electron chi connectivity index (χ3n) is 1.33. The molecule has 0 unspecified atom stereocenters. The van der Waals surface area contributed by atoms with Crippen LogP contribution in [0.5, 0.6) is 0 Å². The molecule has 2 aromatic rings. The van der Waals surface area contributed by atoms with Crippen molar-refractivity contribution in [3.05, 3.63) is 29.5 Å². The van der Waals surface area contributed by atoms with E-state index >= 15 is 0 Å². The number of nitrogens with zero attached hydrogens (tertiary/aromatic N) is 3. The van der Waals surface area contributed by atoms with Crippen LogP contribution in [0, 0.1) is 0 Å². The molecule has 0 atom stereocenters. The lowest BCUT2D eigenvalue weighted by Crippen LogP contribution is -1.86. The number of hydrogen-bond acceptors (Lipinski definition) is 3. The minimum absolute atomic E-state index is 0.394. The summed E-state index contributed by atoms with van der Waals surface area (Å²) in [4.78, 5) is 3.99. The van der Waals surface area contributed by atoms with Crippen molar-refractivity contribution in [2.75, 3.05) is 0 Å². The highest BCUT2D eigenvalue weighted by atomic mass is 35.5. The van der Waals surface area contributed by atoms with E-state index in [-0.39, 0.29) is 0 Å². The first-order valence-corrected chi connectivity index (χ1v) is 3.48. The molecule has 0 N–H and O–H groups in total. The minimum Gasteiger partial charge on any atom is -0.235 e. The molecular formula is C7H4ClN3. The third-order valence-corrected chi connectivity index (χ3v) is 1.52. The van der Waals surface area contributed by atoms with Crippen molar-refractivity contribution in [3.8, 4) is 0 Å². The van der Waals surface area contributed by atoms with E-state index in [2.05, 4.69) is 15.2 Å². The molecule has 0 spiro atoms. The highest BCUT2D eigenvalue weighted by molar-refractivity contribution is 6.29. The van der Waals surface area contributed by atoms with Crippen LogP contribution < -0.4 is 0 Å². The number of fused-ring (bicyclic) bond motifs is 1. The lowest BCUT2D eigenvalue weighted by Gasteiger charge is -1.92. The van der Waals surface area contributed by atoms with E-state index in [4.69, 9.17) is 11.6 Å². The molecule has 2 rings (SSSR count). The van der Waals surface area contributed by atoms with Crippen molar-refractivity contribution in [3.63, 3.8) is 0 Å². The number of aromatic nitrogens is 3. The number of pyridine rings is 1. The van der Waals surface area contributed by atoms with Crippen LogP contribution in [-0.2, 0) is 0 Å². The topological polar surface area (TPSA) is 38.7 Å². The first-order valence-electron chi connectivity index (χ1n) is 3.10. The number of rotatable bonds is 0. The lowest BCUT2D eigenvalue weighted by atomic mass is 10.3. The smallest absolute Gasteiger partial charge is 0.181 e. The largest absolute Gasteiger partial charge is 0.235 e. The molecule has 0 aromatic carbocycles. The van der Waals surface area contributed by atoms with Crippen molar-refractivity contribution in [1.82, 2.24) is 15.2 Å². The van der Waals surface area contributed by atoms with Crippen LogP contribution in [0.1, 0.15) is 0 Å². The van der Waals surface area contributed by atoms with Crippen LogP contribution in [0.15, 0.2) is 24.4 Å². The standard InChI is InChI=1S/C7H4ClN3/c8-6-4-5-2-1-3-9-7(5)11-10-6/h1-4H. The van der Waals surface area contributed by atoms with Crippen molar-refractivity contribution in [2.24, 2.45) is 0 Å². The predicted molar refractivity (Wildman–Crippen MR) is 42.3 cm³/mol. The Labute approximate surface area is 68.0 Å². The van der Waals surface area contributed by atoms with Gasteiger partial charge in [0.1, 0.15) is 0 Å². The van der Waals surface area contributed by atoms with E-state index in [1.165, 1.54) is 0 Å². The van der Waals surface area contributed by atoms with Crippen LogP contribution in [0.3, 0.4) is 0 Å². The molecule has 4 heteroatoms. The SMILES string of the molecule is Clc1cc2cccnc2nn1. The molecule has 0 aliphatic rings. The second kappa shape index (κ2) is 2.43. The maximum atomic E-state index is 5.62. The Morgan fingerprint density at radius 1 is 1.27 bits per heavy atom. The zero-order chi connectivity index (χ0) is 7.68. The van der Waals surface area contributed by atoms with Gasteiger partial charge >= 0.3 is 0 Å². The van der Waals surface area contributed by atoms with E-state index in [1.54, 1.807) is 12.3 Å². The summed E-state index contributed by atoms with van der Waals surface area (Å²) >= 11 is 5.62. The van der Waals surface area contributed by atoms with Gasteiger partial charge in [0.05, 0.1) is 0 Å². The van der Waals surface area contributed by atoms with Crippen molar-refractivity contribution < 1.29 is 0 Å². The molecule has 0 saturated carbocycles. The average molecular weight is 166 g/mol. The summed E-state index contributed by atoms with van der Waals surface area (Å²) in [5, 5.41) is 8.75. The molecular weight excluding hydrogens is 162 g/mol. The summed E-state index contributed by atoms with van der Waals surface area (Å²) in [6.45, 7) is 0. The Hall–Kier alpha value is -1.22. The van der Waals surface area contributed by atoms with Crippen LogP contribution in [0.2, 0.25) is 5.15 Å². The second-order valence-electron chi connectivity index (χ2n) is 2.08. The molecule has 11 heavy (non-hydrogen) atoms. The summed E-state index contributed by atoms with van der Waals surface area (Å²) in [5.74, 6) is 0. The Kier molecular flexibility index (Phi) is 1.43. The molecule has 2 heterocycles. The maximum Gasteiger partial charge on any atom is 0.181 e. The first kappa shape index (κ1) is 6.49. The highest BCUT2D eigenvalue weighted by Crippen LogP contribution is 2.10. The molecule has 0 aliphatic carbocycles. The Balaban J connectivity index is 2.83. The van der Waals surface area contributed by atoms with Crippen LogP contribution >= 0.6 is 11.6 Å². The van der Waals surface area contributed by atoms with Gasteiger partial charge in [0.25, 0.3) is 0 Å². The molecule has 0 bridgehead atoms. The van der Waals surface area contributed by atoms with E-state index in [9.17, 15) is 0 Å². The van der Waals surface area contributed by atoms with Gasteiger partial charge in [-0.2, -0.15) is 0 Å². The van der Waals surface area contributed by atoms with E-state index in [1.807, 2.05) is 12.1 Å². The van der Waals surface area contributed by atoms with Crippen molar-refractivity contribution in [2.45, 2.75) is 0 Å². The zero-order valence-electron chi connectivity index (χ0n) is 5.53. The van der Waals surface area contributed by atoms with Crippen molar-refractivity contribution >= 4 is 22.6 Å². The molecule has 0 radical (unpaired) electrons. The molecule has 2 aromatic heterocycles. The van der Waals surface area contributed by atoms with Gasteiger partial charge in [0.15, 0.2) is 10.8 Å². The summed E-state index contributed by atoms with van der Waals surface area (Å²) in [6.07, 6.45) is 1.67. The lowest BCUT2D eigenvalue weighted by molar-refractivity contribution is 1.05. The predicted octanol–water partition coefficient (Wildman–Crippen LogP) is 1.68. The molecule has 0 fully saturated rings. The van der Waals surface area contributed by atoms with Gasteiger partial charge in [-0.1, -0.05) is 11.6 Å². The van der Waals surface area contributed by atoms with Gasteiger partial charge < -0.3 is 0 Å². The quantitative estimate of drug-likeness (QED) is 0.596. The van der Waals surface area contributed by atoms with Gasteiger partial charge in [0.2, 0.25) is 0 Å². The fraction of sp³-hybridized carbons (Fsp3) is 0. The molecule has 0 aliphatic heterocycles. The number of halogens is 1. The van der Waals surface area contributed by atoms with Crippen molar-refractivity contribution in [1.29, 1.82) is 0 Å². The third kappa shape index (κ3) is 1.14. The summed E-state index contributed by atoms with van der Waals surface area (Å²) in [7, 11) is 0. The zero-order valence-corrected chi connectivity index (χ0v) is 6.28. The normalized spacial score (nSPS) is 10.3. The van der Waals surface area contributed by atoms with Crippen LogP contribution in [-0.4, -0.2) is 15.2 Å². The van der Waals surface area contributed by atoms with E-state index < -0.39 is 0 Å². The van der Waals surface area contributed by atoms with Gasteiger partial charge in [-0.3, -0.25) is 0 Å². The van der Waals surface area contributed by atoms with Gasteiger partial charge in [-0.15, -0.1) is 10.2 Å². The maximum absolute atomic E-state index is 5.62. The van der Waals surface area contributed by atoms with Gasteiger partial charge in [0, 0.05) is 11.6 Å².